The Bertz CT molecular complexity index is 511. The first-order chi connectivity index (χ1) is 9.50. The van der Waals surface area contributed by atoms with E-state index in [2.05, 4.69) is 19.2 Å². The largest absolute Gasteiger partial charge is 0.354 e. The average molecular weight is 274 g/mol. The Morgan fingerprint density at radius 3 is 2.70 bits per heavy atom. The molecule has 0 spiro atoms. The Balaban J connectivity index is 2.09. The van der Waals surface area contributed by atoms with Crippen molar-refractivity contribution in [2.24, 2.45) is 5.92 Å². The molecule has 20 heavy (non-hydrogen) atoms. The number of rotatable bonds is 4. The molecular weight excluding hydrogens is 252 g/mol. The quantitative estimate of drug-likeness (QED) is 0.914. The summed E-state index contributed by atoms with van der Waals surface area (Å²) in [4.78, 5) is 25.8. The van der Waals surface area contributed by atoms with Gasteiger partial charge in [-0.15, -0.1) is 0 Å². The third-order valence-electron chi connectivity index (χ3n) is 3.64. The first-order valence-corrected chi connectivity index (χ1v) is 7.16. The van der Waals surface area contributed by atoms with Gasteiger partial charge in [0.15, 0.2) is 0 Å². The van der Waals surface area contributed by atoms with E-state index in [9.17, 15) is 9.59 Å². The number of fused-ring (bicyclic) bond motifs is 1. The number of hydrogen-bond acceptors (Lipinski definition) is 2. The van der Waals surface area contributed by atoms with Crippen molar-refractivity contribution >= 4 is 17.5 Å². The molecule has 2 amide bonds. The van der Waals surface area contributed by atoms with E-state index in [-0.39, 0.29) is 11.8 Å². The van der Waals surface area contributed by atoms with Gasteiger partial charge in [-0.2, -0.15) is 0 Å². The fourth-order valence-electron chi connectivity index (χ4n) is 2.59. The number of nitrogens with zero attached hydrogens (tertiary/aromatic N) is 1. The van der Waals surface area contributed by atoms with E-state index in [0.29, 0.717) is 18.9 Å². The van der Waals surface area contributed by atoms with Gasteiger partial charge in [0.1, 0.15) is 6.04 Å². The Morgan fingerprint density at radius 2 is 2.05 bits per heavy atom. The summed E-state index contributed by atoms with van der Waals surface area (Å²) in [6, 6.07) is 7.31. The minimum Gasteiger partial charge on any atom is -0.354 e. The molecule has 1 aliphatic rings. The van der Waals surface area contributed by atoms with E-state index in [0.717, 1.165) is 17.7 Å². The van der Waals surface area contributed by atoms with E-state index in [1.54, 1.807) is 4.90 Å². The highest BCUT2D eigenvalue weighted by molar-refractivity contribution is 6.02. The van der Waals surface area contributed by atoms with Crippen molar-refractivity contribution < 1.29 is 9.59 Å². The smallest absolute Gasteiger partial charge is 0.243 e. The molecule has 0 saturated heterocycles. The predicted octanol–water partition coefficient (Wildman–Crippen LogP) is 2.13. The molecule has 0 saturated carbocycles. The minimum atomic E-state index is -0.405. The number of para-hydroxylation sites is 1. The van der Waals surface area contributed by atoms with Gasteiger partial charge in [0.2, 0.25) is 11.8 Å². The molecule has 4 heteroatoms. The van der Waals surface area contributed by atoms with Gasteiger partial charge < -0.3 is 5.32 Å². The number of hydrogen-bond donors (Lipinski definition) is 1. The SMILES string of the molecule is CC(=O)N1c2ccccc2CC1C(=O)NCCC(C)C. The lowest BCUT2D eigenvalue weighted by atomic mass is 10.1. The van der Waals surface area contributed by atoms with Gasteiger partial charge >= 0.3 is 0 Å². The lowest BCUT2D eigenvalue weighted by Gasteiger charge is -2.23. The average Bonchev–Trinajstić information content (AvgIpc) is 2.77. The summed E-state index contributed by atoms with van der Waals surface area (Å²) < 4.78 is 0. The summed E-state index contributed by atoms with van der Waals surface area (Å²) in [6.07, 6.45) is 1.55. The number of carbonyl (C=O) groups excluding carboxylic acids is 2. The van der Waals surface area contributed by atoms with Gasteiger partial charge in [0, 0.05) is 25.6 Å². The van der Waals surface area contributed by atoms with Crippen LogP contribution < -0.4 is 10.2 Å². The van der Waals surface area contributed by atoms with Crippen LogP contribution in [0.25, 0.3) is 0 Å². The molecule has 0 fully saturated rings. The van der Waals surface area contributed by atoms with Crippen molar-refractivity contribution in [3.8, 4) is 0 Å². The lowest BCUT2D eigenvalue weighted by molar-refractivity contribution is -0.125. The van der Waals surface area contributed by atoms with Crippen molar-refractivity contribution in [3.63, 3.8) is 0 Å². The number of anilines is 1. The monoisotopic (exact) mass is 274 g/mol. The zero-order chi connectivity index (χ0) is 14.7. The highest BCUT2D eigenvalue weighted by atomic mass is 16.2. The molecule has 1 aliphatic heterocycles. The second kappa shape index (κ2) is 6.07. The van der Waals surface area contributed by atoms with Crippen molar-refractivity contribution in [1.82, 2.24) is 5.32 Å². The van der Waals surface area contributed by atoms with Gasteiger partial charge in [0.25, 0.3) is 0 Å². The van der Waals surface area contributed by atoms with Gasteiger partial charge in [-0.05, 0) is 24.0 Å². The number of amides is 2. The molecule has 1 unspecified atom stereocenters. The summed E-state index contributed by atoms with van der Waals surface area (Å²) in [6.45, 7) is 6.42. The summed E-state index contributed by atoms with van der Waals surface area (Å²) in [5, 5.41) is 2.94. The fourth-order valence-corrected chi connectivity index (χ4v) is 2.59. The summed E-state index contributed by atoms with van der Waals surface area (Å²) in [5.74, 6) is 0.413. The van der Waals surface area contributed by atoms with Crippen molar-refractivity contribution in [3.05, 3.63) is 29.8 Å². The number of nitrogens with one attached hydrogen (secondary N) is 1. The van der Waals surface area contributed by atoms with Crippen LogP contribution in [0.4, 0.5) is 5.69 Å². The lowest BCUT2D eigenvalue weighted by Crippen LogP contribution is -2.47. The first kappa shape index (κ1) is 14.6. The third-order valence-corrected chi connectivity index (χ3v) is 3.64. The van der Waals surface area contributed by atoms with Crippen molar-refractivity contribution in [2.75, 3.05) is 11.4 Å². The van der Waals surface area contributed by atoms with Crippen LogP contribution in [0.3, 0.4) is 0 Å². The molecule has 0 bridgehead atoms. The Morgan fingerprint density at radius 1 is 1.35 bits per heavy atom. The van der Waals surface area contributed by atoms with Gasteiger partial charge in [0.05, 0.1) is 0 Å². The zero-order valence-electron chi connectivity index (χ0n) is 12.3. The third kappa shape index (κ3) is 3.00. The van der Waals surface area contributed by atoms with E-state index in [1.807, 2.05) is 24.3 Å². The Kier molecular flexibility index (Phi) is 4.42. The zero-order valence-corrected chi connectivity index (χ0v) is 12.3. The summed E-state index contributed by atoms with van der Waals surface area (Å²) in [5.41, 5.74) is 1.93. The topological polar surface area (TPSA) is 49.4 Å². The van der Waals surface area contributed by atoms with Gasteiger partial charge in [-0.3, -0.25) is 14.5 Å². The normalized spacial score (nSPS) is 17.2. The highest BCUT2D eigenvalue weighted by Gasteiger charge is 2.36. The van der Waals surface area contributed by atoms with E-state index >= 15 is 0 Å². The molecule has 1 atom stereocenters. The molecule has 2 rings (SSSR count). The van der Waals surface area contributed by atoms with Crippen LogP contribution in [0, 0.1) is 5.92 Å². The molecule has 1 aromatic carbocycles. The van der Waals surface area contributed by atoms with Crippen LogP contribution in [0.2, 0.25) is 0 Å². The van der Waals surface area contributed by atoms with Crippen LogP contribution in [0.1, 0.15) is 32.8 Å². The highest BCUT2D eigenvalue weighted by Crippen LogP contribution is 2.32. The molecule has 0 aliphatic carbocycles. The van der Waals surface area contributed by atoms with Gasteiger partial charge in [-0.25, -0.2) is 0 Å². The molecule has 0 radical (unpaired) electrons. The second-order valence-corrected chi connectivity index (χ2v) is 5.71. The summed E-state index contributed by atoms with van der Waals surface area (Å²) in [7, 11) is 0. The van der Waals surface area contributed by atoms with E-state index < -0.39 is 6.04 Å². The maximum absolute atomic E-state index is 12.3. The maximum atomic E-state index is 12.3. The minimum absolute atomic E-state index is 0.0583. The predicted molar refractivity (Wildman–Crippen MR) is 79.6 cm³/mol. The molecule has 0 aromatic heterocycles. The van der Waals surface area contributed by atoms with Crippen LogP contribution in [0.15, 0.2) is 24.3 Å². The molecule has 1 aromatic rings. The Hall–Kier alpha value is -1.84. The molecule has 1 N–H and O–H groups in total. The summed E-state index contributed by atoms with van der Waals surface area (Å²) >= 11 is 0. The van der Waals surface area contributed by atoms with Crippen LogP contribution >= 0.6 is 0 Å². The number of benzene rings is 1. The second-order valence-electron chi connectivity index (χ2n) is 5.71. The van der Waals surface area contributed by atoms with E-state index in [4.69, 9.17) is 0 Å². The van der Waals surface area contributed by atoms with Crippen LogP contribution in [0.5, 0.6) is 0 Å². The maximum Gasteiger partial charge on any atom is 0.243 e. The number of carbonyl (C=O) groups is 2. The molecule has 4 nitrogen and oxygen atoms in total. The van der Waals surface area contributed by atoms with Crippen LogP contribution in [-0.2, 0) is 16.0 Å². The molecular formula is C16H22N2O2. The van der Waals surface area contributed by atoms with E-state index in [1.165, 1.54) is 6.92 Å². The first-order valence-electron chi connectivity index (χ1n) is 7.16. The van der Waals surface area contributed by atoms with Gasteiger partial charge in [-0.1, -0.05) is 32.0 Å². The van der Waals surface area contributed by atoms with Crippen LogP contribution in [-0.4, -0.2) is 24.4 Å². The van der Waals surface area contributed by atoms with Crippen molar-refractivity contribution in [1.29, 1.82) is 0 Å². The molecule has 1 heterocycles. The molecule has 108 valence electrons. The standard InChI is InChI=1S/C16H22N2O2/c1-11(2)8-9-17-16(20)15-10-13-6-4-5-7-14(13)18(15)12(3)19/h4-7,11,15H,8-10H2,1-3H3,(H,17,20). The fraction of sp³-hybridized carbons (Fsp3) is 0.500. The Labute approximate surface area is 120 Å². The van der Waals surface area contributed by atoms with Crippen molar-refractivity contribution in [2.45, 2.75) is 39.7 Å².